The fraction of sp³-hybridized carbons (Fsp3) is 0.500. The van der Waals surface area contributed by atoms with E-state index < -0.39 is 5.60 Å². The molecule has 0 radical (unpaired) electrons. The lowest BCUT2D eigenvalue weighted by molar-refractivity contribution is 0.0220. The summed E-state index contributed by atoms with van der Waals surface area (Å²) in [4.78, 5) is 14.4. The first kappa shape index (κ1) is 16.4. The Bertz CT molecular complexity index is 745. The lowest BCUT2D eigenvalue weighted by atomic mass is 10.1. The van der Waals surface area contributed by atoms with E-state index in [4.69, 9.17) is 4.74 Å². The van der Waals surface area contributed by atoms with Gasteiger partial charge in [0, 0.05) is 34.7 Å². The van der Waals surface area contributed by atoms with Gasteiger partial charge < -0.3 is 9.30 Å². The molecule has 124 valence electrons. The van der Waals surface area contributed by atoms with E-state index in [1.165, 1.54) is 16.6 Å². The first-order valence-corrected chi connectivity index (χ1v) is 8.80. The van der Waals surface area contributed by atoms with Gasteiger partial charge in [0.1, 0.15) is 5.60 Å². The molecule has 1 aromatic carbocycles. The monoisotopic (exact) mass is 378 g/mol. The Morgan fingerprint density at radius 2 is 2.04 bits per heavy atom. The van der Waals surface area contributed by atoms with E-state index in [0.717, 1.165) is 23.9 Å². The zero-order valence-electron chi connectivity index (χ0n) is 14.1. The number of benzene rings is 1. The summed E-state index contributed by atoms with van der Waals surface area (Å²) in [5.74, 6) is 0. The van der Waals surface area contributed by atoms with E-state index >= 15 is 0 Å². The molecular weight excluding hydrogens is 356 g/mol. The zero-order valence-corrected chi connectivity index (χ0v) is 15.7. The van der Waals surface area contributed by atoms with Crippen molar-refractivity contribution in [2.75, 3.05) is 6.54 Å². The Kier molecular flexibility index (Phi) is 4.17. The molecule has 1 amide bonds. The lowest BCUT2D eigenvalue weighted by Gasteiger charge is -2.29. The van der Waals surface area contributed by atoms with Crippen molar-refractivity contribution < 1.29 is 9.53 Å². The van der Waals surface area contributed by atoms with E-state index in [1.807, 2.05) is 31.7 Å². The number of rotatable bonds is 1. The van der Waals surface area contributed by atoms with Gasteiger partial charge >= 0.3 is 6.09 Å². The van der Waals surface area contributed by atoms with Crippen LogP contribution in [-0.2, 0) is 11.8 Å². The van der Waals surface area contributed by atoms with Crippen molar-refractivity contribution >= 4 is 32.9 Å². The Hall–Kier alpha value is -1.49. The van der Waals surface area contributed by atoms with Gasteiger partial charge in [0.05, 0.1) is 6.04 Å². The molecule has 1 aromatic heterocycles. The fourth-order valence-electron chi connectivity index (χ4n) is 3.27. The van der Waals surface area contributed by atoms with Crippen LogP contribution in [0.2, 0.25) is 0 Å². The molecule has 1 atom stereocenters. The fourth-order valence-corrected chi connectivity index (χ4v) is 3.65. The van der Waals surface area contributed by atoms with Crippen LogP contribution in [-0.4, -0.2) is 27.7 Å². The number of hydrogen-bond donors (Lipinski definition) is 0. The number of carbonyl (C=O) groups is 1. The number of likely N-dealkylation sites (tertiary alicyclic amines) is 1. The van der Waals surface area contributed by atoms with Gasteiger partial charge in [0.2, 0.25) is 0 Å². The Labute approximate surface area is 145 Å². The molecule has 5 heteroatoms. The number of carbonyl (C=O) groups excluding carboxylic acids is 1. The molecule has 1 aliphatic rings. The highest BCUT2D eigenvalue weighted by Crippen LogP contribution is 2.36. The van der Waals surface area contributed by atoms with Crippen molar-refractivity contribution in [2.24, 2.45) is 7.05 Å². The molecule has 1 saturated heterocycles. The molecule has 4 nitrogen and oxygen atoms in total. The Morgan fingerprint density at radius 1 is 1.30 bits per heavy atom. The number of aryl methyl sites for hydroxylation is 1. The summed E-state index contributed by atoms with van der Waals surface area (Å²) in [6, 6.07) is 8.54. The van der Waals surface area contributed by atoms with Crippen LogP contribution in [0, 0.1) is 0 Å². The Morgan fingerprint density at radius 3 is 2.74 bits per heavy atom. The van der Waals surface area contributed by atoms with Crippen LogP contribution in [0.5, 0.6) is 0 Å². The van der Waals surface area contributed by atoms with Crippen LogP contribution in [0.4, 0.5) is 4.79 Å². The highest BCUT2D eigenvalue weighted by molar-refractivity contribution is 9.10. The molecule has 23 heavy (non-hydrogen) atoms. The van der Waals surface area contributed by atoms with E-state index in [0.29, 0.717) is 0 Å². The molecule has 2 heterocycles. The second kappa shape index (κ2) is 5.86. The van der Waals surface area contributed by atoms with E-state index in [1.54, 1.807) is 0 Å². The summed E-state index contributed by atoms with van der Waals surface area (Å²) >= 11 is 3.52. The molecule has 0 N–H and O–H groups in total. The number of ether oxygens (including phenoxy) is 1. The number of fused-ring (bicyclic) bond motifs is 1. The van der Waals surface area contributed by atoms with Crippen LogP contribution in [0.25, 0.3) is 10.9 Å². The topological polar surface area (TPSA) is 34.5 Å². The number of hydrogen-bond acceptors (Lipinski definition) is 2. The number of nitrogens with zero attached hydrogens (tertiary/aromatic N) is 2. The molecule has 0 bridgehead atoms. The largest absolute Gasteiger partial charge is 0.444 e. The summed E-state index contributed by atoms with van der Waals surface area (Å²) in [5, 5.41) is 1.19. The smallest absolute Gasteiger partial charge is 0.410 e. The highest BCUT2D eigenvalue weighted by Gasteiger charge is 2.34. The van der Waals surface area contributed by atoms with Gasteiger partial charge in [-0.3, -0.25) is 4.90 Å². The summed E-state index contributed by atoms with van der Waals surface area (Å²) in [6.45, 7) is 6.48. The molecule has 3 rings (SSSR count). The van der Waals surface area contributed by atoms with Crippen molar-refractivity contribution in [1.82, 2.24) is 9.47 Å². The van der Waals surface area contributed by atoms with Crippen LogP contribution in [0.15, 0.2) is 28.7 Å². The van der Waals surface area contributed by atoms with Gasteiger partial charge in [0.15, 0.2) is 0 Å². The third kappa shape index (κ3) is 3.25. The van der Waals surface area contributed by atoms with Crippen LogP contribution in [0.1, 0.15) is 45.3 Å². The van der Waals surface area contributed by atoms with Crippen molar-refractivity contribution in [3.63, 3.8) is 0 Å². The quantitative estimate of drug-likeness (QED) is 0.698. The summed E-state index contributed by atoms with van der Waals surface area (Å²) in [6.07, 6.45) is 1.77. The van der Waals surface area contributed by atoms with Gasteiger partial charge in [-0.05, 0) is 57.9 Å². The minimum atomic E-state index is -0.464. The van der Waals surface area contributed by atoms with E-state index in [-0.39, 0.29) is 12.1 Å². The second-order valence-corrected chi connectivity index (χ2v) is 8.08. The molecule has 1 aliphatic heterocycles. The number of amides is 1. The van der Waals surface area contributed by atoms with Gasteiger partial charge in [-0.25, -0.2) is 4.79 Å². The third-order valence-corrected chi connectivity index (χ3v) is 4.76. The molecule has 0 unspecified atom stereocenters. The molecular formula is C18H23BrN2O2. The maximum Gasteiger partial charge on any atom is 0.410 e. The van der Waals surface area contributed by atoms with Gasteiger partial charge in [-0.1, -0.05) is 15.9 Å². The third-order valence-electron chi connectivity index (χ3n) is 4.26. The first-order chi connectivity index (χ1) is 10.8. The predicted octanol–water partition coefficient (Wildman–Crippen LogP) is 5.01. The van der Waals surface area contributed by atoms with Gasteiger partial charge in [-0.15, -0.1) is 0 Å². The second-order valence-electron chi connectivity index (χ2n) is 7.16. The zero-order chi connectivity index (χ0) is 16.8. The van der Waals surface area contributed by atoms with Crippen molar-refractivity contribution in [3.8, 4) is 0 Å². The standard InChI is InChI=1S/C18H23BrN2O2/c1-18(2,3)23-17(22)21-9-5-6-15(21)16-11-12-10-13(19)7-8-14(12)20(16)4/h7-8,10-11,15H,5-6,9H2,1-4H3/t15-/m0/s1. The van der Waals surface area contributed by atoms with Gasteiger partial charge in [-0.2, -0.15) is 0 Å². The average molecular weight is 379 g/mol. The van der Waals surface area contributed by atoms with Crippen molar-refractivity contribution in [1.29, 1.82) is 0 Å². The normalized spacial score (nSPS) is 18.7. The van der Waals surface area contributed by atoms with Crippen LogP contribution < -0.4 is 0 Å². The Balaban J connectivity index is 1.94. The average Bonchev–Trinajstić information content (AvgIpc) is 3.01. The summed E-state index contributed by atoms with van der Waals surface area (Å²) < 4.78 is 8.83. The molecule has 0 aliphatic carbocycles. The van der Waals surface area contributed by atoms with E-state index in [2.05, 4.69) is 45.7 Å². The first-order valence-electron chi connectivity index (χ1n) is 8.01. The molecule has 1 fully saturated rings. The molecule has 0 saturated carbocycles. The highest BCUT2D eigenvalue weighted by atomic mass is 79.9. The molecule has 2 aromatic rings. The minimum Gasteiger partial charge on any atom is -0.444 e. The van der Waals surface area contributed by atoms with Gasteiger partial charge in [0.25, 0.3) is 0 Å². The molecule has 0 spiro atoms. The van der Waals surface area contributed by atoms with Crippen LogP contribution in [0.3, 0.4) is 0 Å². The SMILES string of the molecule is Cn1c([C@@H]2CCCN2C(=O)OC(C)(C)C)cc2cc(Br)ccc21. The summed E-state index contributed by atoms with van der Waals surface area (Å²) in [5.41, 5.74) is 1.88. The summed E-state index contributed by atoms with van der Waals surface area (Å²) in [7, 11) is 2.07. The van der Waals surface area contributed by atoms with Crippen molar-refractivity contribution in [2.45, 2.75) is 45.3 Å². The maximum atomic E-state index is 12.5. The van der Waals surface area contributed by atoms with Crippen LogP contribution >= 0.6 is 15.9 Å². The van der Waals surface area contributed by atoms with E-state index in [9.17, 15) is 4.79 Å². The lowest BCUT2D eigenvalue weighted by Crippen LogP contribution is -2.36. The minimum absolute atomic E-state index is 0.0843. The number of aromatic nitrogens is 1. The number of halogens is 1. The maximum absolute atomic E-state index is 12.5. The predicted molar refractivity (Wildman–Crippen MR) is 95.5 cm³/mol. The van der Waals surface area contributed by atoms with Crippen molar-refractivity contribution in [3.05, 3.63) is 34.4 Å².